The summed E-state index contributed by atoms with van der Waals surface area (Å²) in [4.78, 5) is 0. The van der Waals surface area contributed by atoms with Crippen LogP contribution in [0, 0.1) is 0 Å². The summed E-state index contributed by atoms with van der Waals surface area (Å²) in [6.07, 6.45) is 0. The molecule has 0 N–H and O–H groups in total. The zero-order valence-corrected chi connectivity index (χ0v) is 18.1. The topological polar surface area (TPSA) is 36.5 Å². The molecule has 0 aromatic rings. The Labute approximate surface area is 135 Å². The molecule has 0 radical (unpaired) electrons. The molecule has 14 heteroatoms. The summed E-state index contributed by atoms with van der Waals surface area (Å²) in [5.41, 5.74) is 0. The van der Waals surface area contributed by atoms with E-state index in [-0.39, 0.29) is 0 Å². The summed E-state index contributed by atoms with van der Waals surface area (Å²) < 4.78 is 25.7. The lowest BCUT2D eigenvalue weighted by Crippen LogP contribution is -2.58. The maximum Gasteiger partial charge on any atom is 0.304 e. The van der Waals surface area contributed by atoms with Gasteiger partial charge in [-0.25, -0.2) is 0 Å². The highest BCUT2D eigenvalue weighted by Gasteiger charge is 2.74. The average molecular weight is 410 g/mol. The summed E-state index contributed by atoms with van der Waals surface area (Å²) in [7, 11) is 8.52. The molecular formula is C6H18N6OP4S3. The maximum absolute atomic E-state index is 13.7. The van der Waals surface area contributed by atoms with E-state index in [1.807, 2.05) is 55.6 Å². The van der Waals surface area contributed by atoms with E-state index < -0.39 is 27.1 Å². The lowest BCUT2D eigenvalue weighted by molar-refractivity contribution is 0.397. The Bertz CT molecular complexity index is 503. The Morgan fingerprint density at radius 3 is 0.950 bits per heavy atom. The normalized spacial score (nSPS) is 55.9. The summed E-state index contributed by atoms with van der Waals surface area (Å²) in [6, 6.07) is 0. The van der Waals surface area contributed by atoms with E-state index in [0.29, 0.717) is 0 Å². The van der Waals surface area contributed by atoms with Crippen molar-refractivity contribution in [1.29, 1.82) is 0 Å². The third-order valence-corrected chi connectivity index (χ3v) is 32.3. The van der Waals surface area contributed by atoms with Gasteiger partial charge in [-0.15, -0.1) is 0 Å². The van der Waals surface area contributed by atoms with Crippen LogP contribution in [0.3, 0.4) is 0 Å². The van der Waals surface area contributed by atoms with Gasteiger partial charge in [0.05, 0.1) is 0 Å². The molecule has 0 aromatic heterocycles. The highest BCUT2D eigenvalue weighted by molar-refractivity contribution is 8.33. The molecule has 0 aliphatic carbocycles. The van der Waals surface area contributed by atoms with Crippen LogP contribution in [0.2, 0.25) is 0 Å². The third-order valence-electron chi connectivity index (χ3n) is 4.52. The molecule has 4 bridgehead atoms. The SMILES string of the molecule is CN1P2(=O)N(C)P3(=S)N(C)P1(=S)N(C)P(=S)(N2C)N3C. The van der Waals surface area contributed by atoms with Crippen LogP contribution in [0.5, 0.6) is 0 Å². The van der Waals surface area contributed by atoms with Crippen LogP contribution in [0.1, 0.15) is 0 Å². The van der Waals surface area contributed by atoms with Gasteiger partial charge in [-0.3, -0.25) is 4.57 Å². The molecule has 0 amide bonds. The Kier molecular flexibility index (Phi) is 3.62. The fourth-order valence-electron chi connectivity index (χ4n) is 3.16. The lowest BCUT2D eigenvalue weighted by atomic mass is 11.5. The van der Waals surface area contributed by atoms with Crippen molar-refractivity contribution in [2.75, 3.05) is 42.3 Å². The van der Waals surface area contributed by atoms with Crippen molar-refractivity contribution in [3.8, 4) is 0 Å². The van der Waals surface area contributed by atoms with Crippen LogP contribution < -0.4 is 0 Å². The zero-order valence-electron chi connectivity index (χ0n) is 12.1. The van der Waals surface area contributed by atoms with Gasteiger partial charge in [0.15, 0.2) is 19.5 Å². The van der Waals surface area contributed by atoms with Crippen molar-refractivity contribution in [3.63, 3.8) is 0 Å². The Balaban J connectivity index is 2.48. The molecule has 4 rings (SSSR count). The third kappa shape index (κ3) is 1.31. The summed E-state index contributed by atoms with van der Waals surface area (Å²) in [5, 5.41) is 0. The second kappa shape index (κ2) is 4.31. The fourth-order valence-corrected chi connectivity index (χ4v) is 35.2. The second-order valence-corrected chi connectivity index (χ2v) is 22.6. The molecule has 0 aromatic carbocycles. The number of nitrogens with zero attached hydrogens (tertiary/aromatic N) is 6. The van der Waals surface area contributed by atoms with Gasteiger partial charge in [0.2, 0.25) is 0 Å². The van der Waals surface area contributed by atoms with Crippen LogP contribution in [-0.2, 0) is 40.0 Å². The molecule has 0 spiro atoms. The van der Waals surface area contributed by atoms with Crippen molar-refractivity contribution < 1.29 is 4.57 Å². The van der Waals surface area contributed by atoms with E-state index in [9.17, 15) is 4.57 Å². The molecule has 7 nitrogen and oxygen atoms in total. The molecule has 4 fully saturated rings. The summed E-state index contributed by atoms with van der Waals surface area (Å²) in [6.45, 7) is -6.95. The second-order valence-electron chi connectivity index (χ2n) is 4.99. The minimum absolute atomic E-state index is 1.85. The molecular weight excluding hydrogens is 392 g/mol. The first-order valence-corrected chi connectivity index (χ1v) is 15.4. The van der Waals surface area contributed by atoms with Gasteiger partial charge in [0.25, 0.3) is 0 Å². The monoisotopic (exact) mass is 410 g/mol. The molecule has 0 atom stereocenters. The molecule has 20 heavy (non-hydrogen) atoms. The summed E-state index contributed by atoms with van der Waals surface area (Å²) >= 11 is 18.0. The molecule has 4 aliphatic rings. The van der Waals surface area contributed by atoms with E-state index in [1.165, 1.54) is 0 Å². The number of rotatable bonds is 0. The number of hydrogen-bond acceptors (Lipinski definition) is 4. The van der Waals surface area contributed by atoms with Crippen molar-refractivity contribution in [3.05, 3.63) is 0 Å². The molecule has 0 saturated carbocycles. The zero-order chi connectivity index (χ0) is 15.5. The van der Waals surface area contributed by atoms with Gasteiger partial charge in [-0.2, -0.15) is 26.6 Å². The summed E-state index contributed by atoms with van der Waals surface area (Å²) in [5.74, 6) is 0. The molecule has 4 saturated heterocycles. The first-order chi connectivity index (χ1) is 8.93. The highest BCUT2D eigenvalue weighted by Crippen LogP contribution is 3.02. The van der Waals surface area contributed by atoms with Crippen LogP contribution in [0.15, 0.2) is 0 Å². The maximum atomic E-state index is 13.7. The van der Waals surface area contributed by atoms with Crippen LogP contribution in [0.25, 0.3) is 0 Å². The van der Waals surface area contributed by atoms with Crippen molar-refractivity contribution in [2.45, 2.75) is 0 Å². The van der Waals surface area contributed by atoms with Crippen molar-refractivity contribution >= 4 is 62.5 Å². The largest absolute Gasteiger partial charge is 0.304 e. The first kappa shape index (κ1) is 16.8. The van der Waals surface area contributed by atoms with Gasteiger partial charge in [0.1, 0.15) is 0 Å². The van der Waals surface area contributed by atoms with Gasteiger partial charge >= 0.3 is 7.59 Å². The average Bonchev–Trinajstić information content (AvgIpc) is 2.43. The van der Waals surface area contributed by atoms with Crippen LogP contribution >= 0.6 is 27.1 Å². The van der Waals surface area contributed by atoms with Crippen molar-refractivity contribution in [1.82, 2.24) is 26.6 Å². The van der Waals surface area contributed by atoms with E-state index >= 15 is 0 Å². The smallest absolute Gasteiger partial charge is 0.269 e. The molecule has 116 valence electrons. The lowest BCUT2D eigenvalue weighted by Gasteiger charge is -2.74. The minimum atomic E-state index is -2.94. The van der Waals surface area contributed by atoms with Gasteiger partial charge in [-0.05, 0) is 35.4 Å². The number of hydrogen-bond donors (Lipinski definition) is 0. The van der Waals surface area contributed by atoms with E-state index in [2.05, 4.69) is 13.3 Å². The van der Waals surface area contributed by atoms with E-state index in [0.717, 1.165) is 0 Å². The Morgan fingerprint density at radius 1 is 0.550 bits per heavy atom. The van der Waals surface area contributed by atoms with E-state index in [1.54, 1.807) is 0 Å². The standard InChI is InChI=1S/C6H18N6OP4S3/c1-7-14(13)8(2)16(19)10(4)15(7,18)11(5)17(20,9(14)3)12(16)6/h1-6H3. The molecule has 4 aliphatic heterocycles. The van der Waals surface area contributed by atoms with Gasteiger partial charge in [-0.1, -0.05) is 0 Å². The quantitative estimate of drug-likeness (QED) is 0.556. The fraction of sp³-hybridized carbons (Fsp3) is 1.00. The van der Waals surface area contributed by atoms with Crippen LogP contribution in [-0.4, -0.2) is 68.9 Å². The van der Waals surface area contributed by atoms with Crippen LogP contribution in [0.4, 0.5) is 0 Å². The van der Waals surface area contributed by atoms with Crippen molar-refractivity contribution in [2.24, 2.45) is 0 Å². The first-order valence-electron chi connectivity index (χ1n) is 5.81. The molecule has 4 heterocycles. The Hall–Kier alpha value is 1.94. The molecule has 0 unspecified atom stereocenters. The Morgan fingerprint density at radius 2 is 0.750 bits per heavy atom. The minimum Gasteiger partial charge on any atom is -0.269 e. The van der Waals surface area contributed by atoms with Gasteiger partial charge in [0, 0.05) is 42.3 Å². The highest BCUT2D eigenvalue weighted by atomic mass is 32.5. The van der Waals surface area contributed by atoms with Gasteiger partial charge < -0.3 is 0 Å². The predicted octanol–water partition coefficient (Wildman–Crippen LogP) is 2.40. The predicted molar refractivity (Wildman–Crippen MR) is 97.0 cm³/mol. The van der Waals surface area contributed by atoms with E-state index in [4.69, 9.17) is 35.4 Å².